The van der Waals surface area contributed by atoms with Crippen molar-refractivity contribution in [3.05, 3.63) is 59.1 Å². The molecule has 4 amide bonds. The van der Waals surface area contributed by atoms with E-state index in [-0.39, 0.29) is 23.9 Å². The van der Waals surface area contributed by atoms with E-state index in [1.165, 1.54) is 9.80 Å². The van der Waals surface area contributed by atoms with Crippen LogP contribution in [0, 0.1) is 0 Å². The highest BCUT2D eigenvalue weighted by molar-refractivity contribution is 6.30. The predicted molar refractivity (Wildman–Crippen MR) is 124 cm³/mol. The maximum Gasteiger partial charge on any atom is 0.322 e. The van der Waals surface area contributed by atoms with Gasteiger partial charge in [-0.3, -0.25) is 9.59 Å². The van der Waals surface area contributed by atoms with Gasteiger partial charge in [-0.05, 0) is 55.5 Å². The number of hydrogen-bond donors (Lipinski definition) is 2. The average Bonchev–Trinajstić information content (AvgIpc) is 3.20. The number of urea groups is 1. The number of carbonyl (C=O) groups excluding carboxylic acids is 3. The molecule has 1 fully saturated rings. The monoisotopic (exact) mass is 458 g/mol. The molecule has 1 aliphatic rings. The van der Waals surface area contributed by atoms with Crippen LogP contribution in [0.4, 0.5) is 16.2 Å². The summed E-state index contributed by atoms with van der Waals surface area (Å²) in [7, 11) is 3.35. The standard InChI is InChI=1S/C23H27ClN4O4/c1-4-32-19-13-20(28(14-19)23(31)26-18-11-7-16(24)8-12-18)21(29)25-17-9-5-15(6-10-17)22(30)27(2)3/h5-12,19-20H,4,13-14H2,1-3H3,(H,25,29)(H,26,31). The van der Waals surface area contributed by atoms with Crippen molar-refractivity contribution in [2.75, 3.05) is 37.9 Å². The molecule has 170 valence electrons. The summed E-state index contributed by atoms with van der Waals surface area (Å²) in [5, 5.41) is 6.21. The van der Waals surface area contributed by atoms with Crippen LogP contribution in [0.2, 0.25) is 5.02 Å². The zero-order valence-corrected chi connectivity index (χ0v) is 19.1. The summed E-state index contributed by atoms with van der Waals surface area (Å²) in [5.41, 5.74) is 1.65. The van der Waals surface area contributed by atoms with Crippen LogP contribution in [-0.2, 0) is 9.53 Å². The summed E-state index contributed by atoms with van der Waals surface area (Å²) in [5.74, 6) is -0.437. The molecule has 0 saturated carbocycles. The second-order valence-corrected chi connectivity index (χ2v) is 8.12. The van der Waals surface area contributed by atoms with Gasteiger partial charge in [-0.25, -0.2) is 4.79 Å². The molecule has 0 aliphatic carbocycles. The normalized spacial score (nSPS) is 17.7. The fourth-order valence-electron chi connectivity index (χ4n) is 3.54. The summed E-state index contributed by atoms with van der Waals surface area (Å²) in [4.78, 5) is 40.9. The molecule has 9 heteroatoms. The SMILES string of the molecule is CCOC1CC(C(=O)Nc2ccc(C(=O)N(C)C)cc2)N(C(=O)Nc2ccc(Cl)cc2)C1. The summed E-state index contributed by atoms with van der Waals surface area (Å²) in [6.45, 7) is 2.68. The molecule has 2 aromatic carbocycles. The Hall–Kier alpha value is -3.10. The van der Waals surface area contributed by atoms with E-state index in [9.17, 15) is 14.4 Å². The van der Waals surface area contributed by atoms with Gasteiger partial charge in [-0.1, -0.05) is 11.6 Å². The molecule has 1 aliphatic heterocycles. The molecule has 0 bridgehead atoms. The van der Waals surface area contributed by atoms with Gasteiger partial charge in [-0.15, -0.1) is 0 Å². The predicted octanol–water partition coefficient (Wildman–Crippen LogP) is 3.69. The van der Waals surface area contributed by atoms with Crippen LogP contribution in [0.5, 0.6) is 0 Å². The minimum absolute atomic E-state index is 0.122. The molecule has 1 saturated heterocycles. The van der Waals surface area contributed by atoms with Crippen molar-refractivity contribution in [2.45, 2.75) is 25.5 Å². The van der Waals surface area contributed by atoms with Gasteiger partial charge >= 0.3 is 6.03 Å². The lowest BCUT2D eigenvalue weighted by molar-refractivity contribution is -0.119. The van der Waals surface area contributed by atoms with Gasteiger partial charge in [0.1, 0.15) is 6.04 Å². The number of carbonyl (C=O) groups is 3. The Kier molecular flexibility index (Phi) is 7.71. The van der Waals surface area contributed by atoms with Crippen LogP contribution in [0.3, 0.4) is 0 Å². The Morgan fingerprint density at radius 2 is 1.62 bits per heavy atom. The van der Waals surface area contributed by atoms with Crippen molar-refractivity contribution in [2.24, 2.45) is 0 Å². The van der Waals surface area contributed by atoms with E-state index in [0.29, 0.717) is 41.5 Å². The fraction of sp³-hybridized carbons (Fsp3) is 0.348. The number of anilines is 2. The van der Waals surface area contributed by atoms with E-state index >= 15 is 0 Å². The number of hydrogen-bond acceptors (Lipinski definition) is 4. The Labute approximate surface area is 192 Å². The van der Waals surface area contributed by atoms with Crippen molar-refractivity contribution in [3.63, 3.8) is 0 Å². The van der Waals surface area contributed by atoms with Crippen LogP contribution < -0.4 is 10.6 Å². The minimum atomic E-state index is -0.693. The molecule has 0 spiro atoms. The zero-order chi connectivity index (χ0) is 23.3. The largest absolute Gasteiger partial charge is 0.377 e. The number of rotatable bonds is 6. The Bertz CT molecular complexity index is 963. The van der Waals surface area contributed by atoms with Gasteiger partial charge in [0.25, 0.3) is 5.91 Å². The minimum Gasteiger partial charge on any atom is -0.377 e. The number of likely N-dealkylation sites (tertiary alicyclic amines) is 1. The van der Waals surface area contributed by atoms with E-state index in [1.807, 2.05) is 6.92 Å². The van der Waals surface area contributed by atoms with Crippen molar-refractivity contribution in [1.82, 2.24) is 9.80 Å². The molecule has 2 unspecified atom stereocenters. The van der Waals surface area contributed by atoms with Crippen LogP contribution in [0.15, 0.2) is 48.5 Å². The van der Waals surface area contributed by atoms with Crippen LogP contribution in [0.1, 0.15) is 23.7 Å². The first-order chi connectivity index (χ1) is 15.3. The van der Waals surface area contributed by atoms with E-state index < -0.39 is 6.04 Å². The van der Waals surface area contributed by atoms with Crippen molar-refractivity contribution in [1.29, 1.82) is 0 Å². The molecule has 32 heavy (non-hydrogen) atoms. The molecular formula is C23H27ClN4O4. The third-order valence-electron chi connectivity index (χ3n) is 5.13. The highest BCUT2D eigenvalue weighted by Crippen LogP contribution is 2.24. The van der Waals surface area contributed by atoms with Gasteiger partial charge in [0.05, 0.1) is 6.10 Å². The highest BCUT2D eigenvalue weighted by atomic mass is 35.5. The Morgan fingerprint density at radius 3 is 2.22 bits per heavy atom. The van der Waals surface area contributed by atoms with Crippen molar-refractivity contribution >= 4 is 40.8 Å². The lowest BCUT2D eigenvalue weighted by atomic mass is 10.1. The molecule has 3 rings (SSSR count). The van der Waals surface area contributed by atoms with Crippen molar-refractivity contribution in [3.8, 4) is 0 Å². The Morgan fingerprint density at radius 1 is 1.03 bits per heavy atom. The molecule has 0 radical (unpaired) electrons. The number of amides is 4. The molecule has 2 aromatic rings. The number of halogens is 1. The third-order valence-corrected chi connectivity index (χ3v) is 5.38. The molecule has 2 atom stereocenters. The number of nitrogens with one attached hydrogen (secondary N) is 2. The zero-order valence-electron chi connectivity index (χ0n) is 18.3. The maximum atomic E-state index is 13.0. The number of benzene rings is 2. The highest BCUT2D eigenvalue weighted by Gasteiger charge is 2.40. The first kappa shape index (κ1) is 23.6. The maximum absolute atomic E-state index is 13.0. The summed E-state index contributed by atoms with van der Waals surface area (Å²) in [6.07, 6.45) is 0.164. The summed E-state index contributed by atoms with van der Waals surface area (Å²) in [6, 6.07) is 12.3. The second kappa shape index (κ2) is 10.5. The molecule has 1 heterocycles. The van der Waals surface area contributed by atoms with Gasteiger partial charge in [0.15, 0.2) is 0 Å². The molecular weight excluding hydrogens is 432 g/mol. The fourth-order valence-corrected chi connectivity index (χ4v) is 3.66. The van der Waals surface area contributed by atoms with E-state index in [1.54, 1.807) is 62.6 Å². The quantitative estimate of drug-likeness (QED) is 0.690. The number of nitrogens with zero attached hydrogens (tertiary/aromatic N) is 2. The third kappa shape index (κ3) is 5.77. The second-order valence-electron chi connectivity index (χ2n) is 7.68. The molecule has 0 aromatic heterocycles. The van der Waals surface area contributed by atoms with E-state index in [2.05, 4.69) is 10.6 Å². The van der Waals surface area contributed by atoms with Gasteiger partial charge in [0.2, 0.25) is 5.91 Å². The van der Waals surface area contributed by atoms with E-state index in [4.69, 9.17) is 16.3 Å². The first-order valence-electron chi connectivity index (χ1n) is 10.4. The van der Waals surface area contributed by atoms with Gasteiger partial charge < -0.3 is 25.2 Å². The summed E-state index contributed by atoms with van der Waals surface area (Å²) < 4.78 is 5.68. The summed E-state index contributed by atoms with van der Waals surface area (Å²) >= 11 is 5.90. The molecule has 8 nitrogen and oxygen atoms in total. The van der Waals surface area contributed by atoms with Crippen LogP contribution >= 0.6 is 11.6 Å². The van der Waals surface area contributed by atoms with Gasteiger partial charge in [0, 0.05) is 55.6 Å². The van der Waals surface area contributed by atoms with Gasteiger partial charge in [-0.2, -0.15) is 0 Å². The topological polar surface area (TPSA) is 91.0 Å². The lowest BCUT2D eigenvalue weighted by Gasteiger charge is -2.24. The number of ether oxygens (including phenoxy) is 1. The van der Waals surface area contributed by atoms with E-state index in [0.717, 1.165) is 0 Å². The lowest BCUT2D eigenvalue weighted by Crippen LogP contribution is -2.45. The first-order valence-corrected chi connectivity index (χ1v) is 10.7. The van der Waals surface area contributed by atoms with Crippen molar-refractivity contribution < 1.29 is 19.1 Å². The van der Waals surface area contributed by atoms with Crippen LogP contribution in [-0.4, -0.2) is 67.0 Å². The van der Waals surface area contributed by atoms with Crippen LogP contribution in [0.25, 0.3) is 0 Å². The Balaban J connectivity index is 1.70. The average molecular weight is 459 g/mol. The molecule has 2 N–H and O–H groups in total. The smallest absolute Gasteiger partial charge is 0.322 e.